The topological polar surface area (TPSA) is 41.8 Å². The summed E-state index contributed by atoms with van der Waals surface area (Å²) in [5.74, 6) is 1.12. The largest absolute Gasteiger partial charge is 0.381 e. The van der Waals surface area contributed by atoms with Crippen LogP contribution in [0.3, 0.4) is 0 Å². The summed E-state index contributed by atoms with van der Waals surface area (Å²) < 4.78 is 7.67. The first kappa shape index (κ1) is 13.9. The minimum absolute atomic E-state index is 0.536. The Morgan fingerprint density at radius 2 is 2.30 bits per heavy atom. The van der Waals surface area contributed by atoms with Crippen molar-refractivity contribution in [3.05, 3.63) is 17.3 Å². The third-order valence-electron chi connectivity index (χ3n) is 3.95. The summed E-state index contributed by atoms with van der Waals surface area (Å²) in [5, 5.41) is 5.52. The van der Waals surface area contributed by atoms with Crippen molar-refractivity contribution in [2.45, 2.75) is 32.4 Å². The molecule has 5 nitrogen and oxygen atoms in total. The Morgan fingerprint density at radius 1 is 1.50 bits per heavy atom. The van der Waals surface area contributed by atoms with Crippen LogP contribution in [0.15, 0.2) is 11.6 Å². The fourth-order valence-corrected chi connectivity index (χ4v) is 3.48. The molecule has 0 amide bonds. The smallest absolute Gasteiger partial charge is 0.195 e. The van der Waals surface area contributed by atoms with Crippen molar-refractivity contribution in [2.75, 3.05) is 31.7 Å². The van der Waals surface area contributed by atoms with Gasteiger partial charge in [-0.3, -0.25) is 4.40 Å². The van der Waals surface area contributed by atoms with E-state index in [1.54, 1.807) is 11.3 Å². The molecule has 0 aliphatic carbocycles. The number of nitrogens with zero attached hydrogens (tertiary/aromatic N) is 3. The minimum atomic E-state index is 0.536. The zero-order valence-electron chi connectivity index (χ0n) is 12.1. The van der Waals surface area contributed by atoms with Crippen molar-refractivity contribution in [2.24, 2.45) is 0 Å². The van der Waals surface area contributed by atoms with Crippen LogP contribution in [0, 0.1) is 0 Å². The van der Waals surface area contributed by atoms with E-state index in [1.807, 2.05) is 0 Å². The van der Waals surface area contributed by atoms with Gasteiger partial charge in [0, 0.05) is 44.4 Å². The monoisotopic (exact) mass is 294 g/mol. The molecule has 3 heterocycles. The zero-order chi connectivity index (χ0) is 13.9. The van der Waals surface area contributed by atoms with Gasteiger partial charge < -0.3 is 15.0 Å². The first-order chi connectivity index (χ1) is 9.81. The van der Waals surface area contributed by atoms with E-state index in [2.05, 4.69) is 40.2 Å². The number of thiazole rings is 1. The first-order valence-electron chi connectivity index (χ1n) is 7.27. The lowest BCUT2D eigenvalue weighted by Gasteiger charge is -2.32. The second-order valence-corrected chi connectivity index (χ2v) is 6.05. The normalized spacial score (nSPS) is 16.9. The van der Waals surface area contributed by atoms with Crippen LogP contribution < -0.4 is 10.2 Å². The Balaban J connectivity index is 1.90. The van der Waals surface area contributed by atoms with Crippen LogP contribution in [0.4, 0.5) is 5.82 Å². The number of aromatic nitrogens is 2. The van der Waals surface area contributed by atoms with Crippen LogP contribution in [0.2, 0.25) is 0 Å². The molecule has 110 valence electrons. The lowest BCUT2D eigenvalue weighted by Crippen LogP contribution is -2.37. The Morgan fingerprint density at radius 3 is 3.05 bits per heavy atom. The molecule has 0 bridgehead atoms. The molecule has 2 aromatic rings. The highest BCUT2D eigenvalue weighted by Gasteiger charge is 2.24. The molecule has 20 heavy (non-hydrogen) atoms. The second kappa shape index (κ2) is 6.11. The number of fused-ring (bicyclic) bond motifs is 1. The van der Waals surface area contributed by atoms with Crippen LogP contribution in [-0.2, 0) is 11.3 Å². The van der Waals surface area contributed by atoms with Gasteiger partial charge in [-0.05, 0) is 19.4 Å². The maximum atomic E-state index is 5.46. The van der Waals surface area contributed by atoms with E-state index in [-0.39, 0.29) is 0 Å². The summed E-state index contributed by atoms with van der Waals surface area (Å²) in [5.41, 5.74) is 1.26. The van der Waals surface area contributed by atoms with Crippen LogP contribution in [0.5, 0.6) is 0 Å². The van der Waals surface area contributed by atoms with E-state index < -0.39 is 0 Å². The molecule has 1 fully saturated rings. The molecule has 0 saturated carbocycles. The molecule has 0 unspecified atom stereocenters. The predicted octanol–water partition coefficient (Wildman–Crippen LogP) is 2.12. The summed E-state index contributed by atoms with van der Waals surface area (Å²) in [6.45, 7) is 5.68. The van der Waals surface area contributed by atoms with E-state index in [0.717, 1.165) is 49.9 Å². The van der Waals surface area contributed by atoms with Crippen LogP contribution >= 0.6 is 11.3 Å². The zero-order valence-corrected chi connectivity index (χ0v) is 12.9. The van der Waals surface area contributed by atoms with Crippen molar-refractivity contribution in [3.63, 3.8) is 0 Å². The highest BCUT2D eigenvalue weighted by molar-refractivity contribution is 7.15. The fourth-order valence-electron chi connectivity index (χ4n) is 2.76. The molecule has 6 heteroatoms. The molecule has 1 saturated heterocycles. The van der Waals surface area contributed by atoms with Gasteiger partial charge in [-0.25, -0.2) is 4.98 Å². The van der Waals surface area contributed by atoms with Gasteiger partial charge in [0.1, 0.15) is 0 Å². The standard InChI is InChI=1S/C14H22N4OS/c1-3-15-10-12-13(16-14-18(12)6-9-20-14)17(2)11-4-7-19-8-5-11/h6,9,11,15H,3-5,7-8,10H2,1-2H3. The summed E-state index contributed by atoms with van der Waals surface area (Å²) in [6, 6.07) is 0.536. The van der Waals surface area contributed by atoms with Crippen molar-refractivity contribution in [1.82, 2.24) is 14.7 Å². The summed E-state index contributed by atoms with van der Waals surface area (Å²) in [6.07, 6.45) is 4.28. The van der Waals surface area contributed by atoms with Crippen LogP contribution in [0.1, 0.15) is 25.5 Å². The molecular weight excluding hydrogens is 272 g/mol. The third-order valence-corrected chi connectivity index (χ3v) is 4.71. The van der Waals surface area contributed by atoms with Gasteiger partial charge in [0.2, 0.25) is 0 Å². The number of nitrogens with one attached hydrogen (secondary N) is 1. The maximum Gasteiger partial charge on any atom is 0.195 e. The SMILES string of the molecule is CCNCc1c(N(C)C2CCOCC2)nc2sccn12. The highest BCUT2D eigenvalue weighted by atomic mass is 32.1. The van der Waals surface area contributed by atoms with Crippen molar-refractivity contribution in [1.29, 1.82) is 0 Å². The molecule has 0 radical (unpaired) electrons. The molecule has 0 aromatic carbocycles. The number of hydrogen-bond acceptors (Lipinski definition) is 5. The average Bonchev–Trinajstić information content (AvgIpc) is 3.06. The number of ether oxygens (including phenoxy) is 1. The summed E-state index contributed by atoms with van der Waals surface area (Å²) in [4.78, 5) is 8.25. The molecule has 0 atom stereocenters. The van der Waals surface area contributed by atoms with Crippen LogP contribution in [0.25, 0.3) is 4.96 Å². The molecule has 1 aliphatic heterocycles. The fraction of sp³-hybridized carbons (Fsp3) is 0.643. The van der Waals surface area contributed by atoms with Crippen LogP contribution in [-0.4, -0.2) is 42.2 Å². The van der Waals surface area contributed by atoms with Crippen molar-refractivity contribution >= 4 is 22.1 Å². The predicted molar refractivity (Wildman–Crippen MR) is 82.7 cm³/mol. The molecule has 1 aliphatic rings. The first-order valence-corrected chi connectivity index (χ1v) is 8.15. The highest BCUT2D eigenvalue weighted by Crippen LogP contribution is 2.27. The Bertz CT molecular complexity index is 559. The summed E-state index contributed by atoms with van der Waals surface area (Å²) >= 11 is 1.69. The van der Waals surface area contributed by atoms with Crippen molar-refractivity contribution < 1.29 is 4.74 Å². The van der Waals surface area contributed by atoms with Crippen molar-refractivity contribution in [3.8, 4) is 0 Å². The van der Waals surface area contributed by atoms with Gasteiger partial charge in [0.25, 0.3) is 0 Å². The third kappa shape index (κ3) is 2.55. The van der Waals surface area contributed by atoms with E-state index in [0.29, 0.717) is 6.04 Å². The molecule has 0 spiro atoms. The van der Waals surface area contributed by atoms with Gasteiger partial charge in [-0.15, -0.1) is 11.3 Å². The minimum Gasteiger partial charge on any atom is -0.381 e. The number of rotatable bonds is 5. The Labute approximate surface area is 123 Å². The number of imidazole rings is 1. The van der Waals surface area contributed by atoms with E-state index in [4.69, 9.17) is 9.72 Å². The van der Waals surface area contributed by atoms with Gasteiger partial charge in [-0.1, -0.05) is 6.92 Å². The molecule has 3 rings (SSSR count). The quantitative estimate of drug-likeness (QED) is 0.917. The molecule has 1 N–H and O–H groups in total. The summed E-state index contributed by atoms with van der Waals surface area (Å²) in [7, 11) is 2.16. The van der Waals surface area contributed by atoms with E-state index >= 15 is 0 Å². The molecular formula is C14H22N4OS. The maximum absolute atomic E-state index is 5.46. The lowest BCUT2D eigenvalue weighted by molar-refractivity contribution is 0.0853. The van der Waals surface area contributed by atoms with E-state index in [9.17, 15) is 0 Å². The Kier molecular flexibility index (Phi) is 4.24. The Hall–Kier alpha value is -1.11. The number of hydrogen-bond donors (Lipinski definition) is 1. The lowest BCUT2D eigenvalue weighted by atomic mass is 10.1. The van der Waals surface area contributed by atoms with Gasteiger partial charge in [0.15, 0.2) is 10.8 Å². The van der Waals surface area contributed by atoms with Gasteiger partial charge in [0.05, 0.1) is 5.69 Å². The van der Waals surface area contributed by atoms with Gasteiger partial charge >= 0.3 is 0 Å². The number of anilines is 1. The second-order valence-electron chi connectivity index (χ2n) is 5.17. The van der Waals surface area contributed by atoms with E-state index in [1.165, 1.54) is 5.69 Å². The van der Waals surface area contributed by atoms with Gasteiger partial charge in [-0.2, -0.15) is 0 Å². The molecule has 2 aromatic heterocycles. The average molecular weight is 294 g/mol.